The summed E-state index contributed by atoms with van der Waals surface area (Å²) >= 11 is 6.04. The van der Waals surface area contributed by atoms with Crippen molar-refractivity contribution in [2.24, 2.45) is 13.0 Å². The first-order valence-corrected chi connectivity index (χ1v) is 10.9. The summed E-state index contributed by atoms with van der Waals surface area (Å²) < 4.78 is 7.87. The summed E-state index contributed by atoms with van der Waals surface area (Å²) in [5.74, 6) is 1.33. The third kappa shape index (κ3) is 4.93. The number of rotatable bonds is 6. The Kier molecular flexibility index (Phi) is 6.11. The molecule has 2 aromatic rings. The van der Waals surface area contributed by atoms with E-state index in [1.54, 1.807) is 6.33 Å². The van der Waals surface area contributed by atoms with Crippen molar-refractivity contribution in [2.45, 2.75) is 56.7 Å². The molecule has 0 unspecified atom stereocenters. The predicted octanol–water partition coefficient (Wildman–Crippen LogP) is 2.93. The van der Waals surface area contributed by atoms with Crippen molar-refractivity contribution in [1.82, 2.24) is 14.5 Å². The number of ether oxygens (including phenoxy) is 1. The summed E-state index contributed by atoms with van der Waals surface area (Å²) in [6, 6.07) is 8.34. The van der Waals surface area contributed by atoms with Crippen LogP contribution in [0.1, 0.15) is 49.0 Å². The molecule has 2 aliphatic carbocycles. The van der Waals surface area contributed by atoms with Gasteiger partial charge in [0.1, 0.15) is 11.4 Å². The molecular weight excluding hydrogens is 388 g/mol. The number of amides is 1. The van der Waals surface area contributed by atoms with Crippen molar-refractivity contribution < 1.29 is 15.3 Å². The van der Waals surface area contributed by atoms with E-state index in [-0.39, 0.29) is 18.1 Å². The third-order valence-corrected chi connectivity index (χ3v) is 6.42. The van der Waals surface area contributed by atoms with Crippen LogP contribution in [0.5, 0.6) is 5.75 Å². The second-order valence-electron chi connectivity index (χ2n) is 8.59. The Balaban J connectivity index is 1.37. The maximum atomic E-state index is 13.2. The Bertz CT molecular complexity index is 841. The van der Waals surface area contributed by atoms with E-state index in [0.29, 0.717) is 22.7 Å². The molecule has 29 heavy (non-hydrogen) atoms. The summed E-state index contributed by atoms with van der Waals surface area (Å²) in [4.78, 5) is 19.6. The summed E-state index contributed by atoms with van der Waals surface area (Å²) in [7, 11) is 1.89. The molecule has 2 aliphatic rings. The van der Waals surface area contributed by atoms with Crippen molar-refractivity contribution in [1.29, 1.82) is 0 Å². The fraction of sp³-hybridized carbons (Fsp3) is 0.545. The van der Waals surface area contributed by atoms with Crippen molar-refractivity contribution in [2.75, 3.05) is 6.54 Å². The second kappa shape index (κ2) is 8.76. The molecule has 0 atom stereocenters. The molecule has 156 valence electrons. The van der Waals surface area contributed by atoms with Crippen LogP contribution in [0.3, 0.4) is 0 Å². The van der Waals surface area contributed by atoms with Crippen molar-refractivity contribution >= 4 is 17.5 Å². The molecule has 4 rings (SSSR count). The SMILES string of the molecule is Cn1cnc(C(=O)N(CC2CC(Oc3cccc(Cl)c3)C2)C2CCC([NH3+])CC2)c1. The molecule has 0 radical (unpaired) electrons. The molecule has 7 heteroatoms. The van der Waals surface area contributed by atoms with Gasteiger partial charge in [-0.2, -0.15) is 0 Å². The van der Waals surface area contributed by atoms with Crippen molar-refractivity contribution in [3.8, 4) is 5.75 Å². The molecule has 0 bridgehead atoms. The quantitative estimate of drug-likeness (QED) is 0.785. The van der Waals surface area contributed by atoms with E-state index in [9.17, 15) is 4.79 Å². The first-order valence-electron chi connectivity index (χ1n) is 10.5. The van der Waals surface area contributed by atoms with Gasteiger partial charge < -0.3 is 19.9 Å². The zero-order valence-corrected chi connectivity index (χ0v) is 17.7. The summed E-state index contributed by atoms with van der Waals surface area (Å²) in [5, 5.41) is 0.687. The average molecular weight is 418 g/mol. The Morgan fingerprint density at radius 1 is 1.31 bits per heavy atom. The fourth-order valence-electron chi connectivity index (χ4n) is 4.46. The van der Waals surface area contributed by atoms with E-state index in [1.165, 1.54) is 0 Å². The van der Waals surface area contributed by atoms with Gasteiger partial charge in [-0.25, -0.2) is 4.98 Å². The lowest BCUT2D eigenvalue weighted by molar-refractivity contribution is -0.426. The van der Waals surface area contributed by atoms with Crippen molar-refractivity contribution in [3.05, 3.63) is 47.5 Å². The number of aryl methyl sites for hydroxylation is 1. The van der Waals surface area contributed by atoms with E-state index < -0.39 is 0 Å². The predicted molar refractivity (Wildman–Crippen MR) is 112 cm³/mol. The topological polar surface area (TPSA) is 75.0 Å². The molecule has 1 heterocycles. The van der Waals surface area contributed by atoms with Gasteiger partial charge in [-0.1, -0.05) is 17.7 Å². The van der Waals surface area contributed by atoms with Gasteiger partial charge in [0, 0.05) is 43.7 Å². The number of hydrogen-bond donors (Lipinski definition) is 1. The highest BCUT2D eigenvalue weighted by Gasteiger charge is 2.37. The summed E-state index contributed by atoms with van der Waals surface area (Å²) in [5.41, 5.74) is 4.73. The summed E-state index contributed by atoms with van der Waals surface area (Å²) in [6.45, 7) is 0.775. The molecule has 6 nitrogen and oxygen atoms in total. The van der Waals surface area contributed by atoms with Gasteiger partial charge in [-0.3, -0.25) is 4.79 Å². The van der Waals surface area contributed by atoms with Gasteiger partial charge in [-0.05, 0) is 49.8 Å². The van der Waals surface area contributed by atoms with Crippen LogP contribution in [0.4, 0.5) is 0 Å². The van der Waals surface area contributed by atoms with Gasteiger partial charge >= 0.3 is 0 Å². The van der Waals surface area contributed by atoms with Gasteiger partial charge in [0.05, 0.1) is 18.5 Å². The molecule has 1 aromatic carbocycles. The van der Waals surface area contributed by atoms with Crippen LogP contribution in [0, 0.1) is 5.92 Å². The average Bonchev–Trinajstić information content (AvgIpc) is 3.10. The Labute approximate surface area is 177 Å². The molecule has 1 aromatic heterocycles. The minimum atomic E-state index is 0.0531. The van der Waals surface area contributed by atoms with Gasteiger partial charge in [0.25, 0.3) is 5.91 Å². The maximum absolute atomic E-state index is 13.2. The highest BCUT2D eigenvalue weighted by atomic mass is 35.5. The van der Waals surface area contributed by atoms with Crippen LogP contribution < -0.4 is 10.5 Å². The Hall–Kier alpha value is -2.05. The Morgan fingerprint density at radius 2 is 2.07 bits per heavy atom. The zero-order chi connectivity index (χ0) is 20.4. The lowest BCUT2D eigenvalue weighted by Gasteiger charge is -2.42. The number of carbonyl (C=O) groups excluding carboxylic acids is 1. The molecule has 1 amide bonds. The molecule has 3 N–H and O–H groups in total. The number of hydrogen-bond acceptors (Lipinski definition) is 3. The fourth-order valence-corrected chi connectivity index (χ4v) is 4.64. The lowest BCUT2D eigenvalue weighted by atomic mass is 9.80. The molecule has 0 aliphatic heterocycles. The minimum absolute atomic E-state index is 0.0531. The van der Waals surface area contributed by atoms with E-state index >= 15 is 0 Å². The number of nitrogens with zero attached hydrogens (tertiary/aromatic N) is 3. The first-order chi connectivity index (χ1) is 14.0. The van der Waals surface area contributed by atoms with Crippen LogP contribution in [0.15, 0.2) is 36.8 Å². The van der Waals surface area contributed by atoms with Crippen LogP contribution in [-0.4, -0.2) is 45.1 Å². The van der Waals surface area contributed by atoms with E-state index in [1.807, 2.05) is 42.1 Å². The second-order valence-corrected chi connectivity index (χ2v) is 9.03. The van der Waals surface area contributed by atoms with E-state index in [2.05, 4.69) is 15.6 Å². The first kappa shape index (κ1) is 20.2. The zero-order valence-electron chi connectivity index (χ0n) is 17.0. The van der Waals surface area contributed by atoms with Crippen molar-refractivity contribution in [3.63, 3.8) is 0 Å². The van der Waals surface area contributed by atoms with Crippen LogP contribution >= 0.6 is 11.6 Å². The molecule has 2 fully saturated rings. The number of halogens is 1. The largest absolute Gasteiger partial charge is 0.490 e. The number of benzene rings is 1. The standard InChI is InChI=1S/C22H29ClN4O2/c1-26-13-21(25-14-26)22(28)27(18-7-5-17(24)6-8-18)12-15-9-20(10-15)29-19-4-2-3-16(23)11-19/h2-4,11,13-15,17-18,20H,5-10,12,24H2,1H3/p+1. The van der Waals surface area contributed by atoms with E-state index in [4.69, 9.17) is 16.3 Å². The van der Waals surface area contributed by atoms with E-state index in [0.717, 1.165) is 50.8 Å². The summed E-state index contributed by atoms with van der Waals surface area (Å²) in [6.07, 6.45) is 9.85. The Morgan fingerprint density at radius 3 is 2.72 bits per heavy atom. The number of quaternary nitrogens is 1. The molecular formula is C22H30ClN4O2+. The molecule has 2 saturated carbocycles. The van der Waals surface area contributed by atoms with Crippen LogP contribution in [0.25, 0.3) is 0 Å². The highest BCUT2D eigenvalue weighted by Crippen LogP contribution is 2.34. The van der Waals surface area contributed by atoms with Gasteiger partial charge in [0.15, 0.2) is 0 Å². The lowest BCUT2D eigenvalue weighted by Crippen LogP contribution is -2.63. The third-order valence-electron chi connectivity index (χ3n) is 6.19. The number of carbonyl (C=O) groups is 1. The van der Waals surface area contributed by atoms with Crippen LogP contribution in [-0.2, 0) is 7.05 Å². The maximum Gasteiger partial charge on any atom is 0.274 e. The molecule has 0 spiro atoms. The minimum Gasteiger partial charge on any atom is -0.490 e. The normalized spacial score (nSPS) is 26.6. The highest BCUT2D eigenvalue weighted by molar-refractivity contribution is 6.30. The smallest absolute Gasteiger partial charge is 0.274 e. The monoisotopic (exact) mass is 417 g/mol. The molecule has 0 saturated heterocycles. The van der Waals surface area contributed by atoms with Gasteiger partial charge in [0.2, 0.25) is 0 Å². The number of aromatic nitrogens is 2. The number of imidazole rings is 1. The van der Waals surface area contributed by atoms with Crippen LogP contribution in [0.2, 0.25) is 5.02 Å². The van der Waals surface area contributed by atoms with Gasteiger partial charge in [-0.15, -0.1) is 0 Å².